The summed E-state index contributed by atoms with van der Waals surface area (Å²) in [5.74, 6) is 2.06. The fraction of sp³-hybridized carbons (Fsp3) is 0.444. The van der Waals surface area contributed by atoms with E-state index in [9.17, 15) is 0 Å². The number of halogens is 1. The van der Waals surface area contributed by atoms with Crippen LogP contribution < -0.4 is 10.6 Å². The Morgan fingerprint density at radius 1 is 1.32 bits per heavy atom. The molecule has 0 radical (unpaired) electrons. The van der Waals surface area contributed by atoms with Gasteiger partial charge in [-0.25, -0.2) is 4.68 Å². The molecule has 0 bridgehead atoms. The number of hydrogen-bond donors (Lipinski definition) is 2. The summed E-state index contributed by atoms with van der Waals surface area (Å²) in [4.78, 5) is 4.32. The number of hydrogen-bond acceptors (Lipinski definition) is 3. The predicted octanol–water partition coefficient (Wildman–Crippen LogP) is 3.86. The second-order valence-corrected chi connectivity index (χ2v) is 6.60. The zero-order chi connectivity index (χ0) is 17.2. The number of aliphatic imine (C=N–C) groups is 1. The molecular weight excluding hydrogens is 445 g/mol. The third-order valence-corrected chi connectivity index (χ3v) is 4.48. The van der Waals surface area contributed by atoms with Crippen LogP contribution in [-0.4, -0.2) is 41.3 Å². The molecule has 2 aromatic rings. The van der Waals surface area contributed by atoms with E-state index < -0.39 is 0 Å². The van der Waals surface area contributed by atoms with E-state index in [1.165, 1.54) is 17.7 Å². The maximum atomic E-state index is 4.32. The van der Waals surface area contributed by atoms with E-state index in [1.54, 1.807) is 6.20 Å². The zero-order valence-corrected chi connectivity index (χ0v) is 18.3. The molecule has 0 saturated heterocycles. The molecule has 0 amide bonds. The molecule has 0 spiro atoms. The number of aromatic nitrogens is 2. The van der Waals surface area contributed by atoms with Crippen molar-refractivity contribution in [2.24, 2.45) is 4.99 Å². The summed E-state index contributed by atoms with van der Waals surface area (Å²) in [6.45, 7) is 3.09. The van der Waals surface area contributed by atoms with Crippen LogP contribution in [0.4, 0.5) is 0 Å². The Morgan fingerprint density at radius 3 is 2.84 bits per heavy atom. The van der Waals surface area contributed by atoms with Crippen molar-refractivity contribution in [2.75, 3.05) is 25.6 Å². The zero-order valence-electron chi connectivity index (χ0n) is 15.1. The van der Waals surface area contributed by atoms with Gasteiger partial charge in [-0.15, -0.1) is 24.0 Å². The van der Waals surface area contributed by atoms with Crippen molar-refractivity contribution in [1.29, 1.82) is 0 Å². The van der Waals surface area contributed by atoms with Crippen LogP contribution in [0.25, 0.3) is 5.69 Å². The number of nitrogens with zero attached hydrogens (tertiary/aromatic N) is 3. The van der Waals surface area contributed by atoms with Gasteiger partial charge in [-0.3, -0.25) is 4.99 Å². The second kappa shape index (κ2) is 12.2. The highest BCUT2D eigenvalue weighted by Crippen LogP contribution is 2.16. The summed E-state index contributed by atoms with van der Waals surface area (Å²) in [6, 6.07) is 10.5. The molecule has 5 nitrogen and oxygen atoms in total. The number of nitrogens with one attached hydrogen (secondary N) is 2. The third-order valence-electron chi connectivity index (χ3n) is 3.78. The Labute approximate surface area is 172 Å². The van der Waals surface area contributed by atoms with E-state index >= 15 is 0 Å². The maximum absolute atomic E-state index is 4.32. The molecule has 2 rings (SSSR count). The van der Waals surface area contributed by atoms with Gasteiger partial charge in [0.2, 0.25) is 0 Å². The summed E-state index contributed by atoms with van der Waals surface area (Å²) < 4.78 is 1.87. The van der Waals surface area contributed by atoms with Crippen molar-refractivity contribution in [3.05, 3.63) is 48.3 Å². The normalized spacial score (nSPS) is 12.4. The van der Waals surface area contributed by atoms with Crippen LogP contribution in [0.3, 0.4) is 0 Å². The minimum absolute atomic E-state index is 0. The third kappa shape index (κ3) is 7.27. The molecule has 0 fully saturated rings. The standard InChI is InChI=1S/C18H27N5S.HI/c1-15(22-18(19-2)20-10-4-5-13-24-3)16-8-6-9-17(14-16)23-12-7-11-21-23;/h6-9,11-12,14-15H,4-5,10,13H2,1-3H3,(H2,19,20,22);1H. The lowest BCUT2D eigenvalue weighted by molar-refractivity contribution is 0.671. The highest BCUT2D eigenvalue weighted by molar-refractivity contribution is 14.0. The van der Waals surface area contributed by atoms with Gasteiger partial charge in [0.15, 0.2) is 5.96 Å². The molecule has 1 aromatic carbocycles. The van der Waals surface area contributed by atoms with E-state index in [1.807, 2.05) is 35.8 Å². The molecule has 1 unspecified atom stereocenters. The van der Waals surface area contributed by atoms with Gasteiger partial charge in [-0.2, -0.15) is 16.9 Å². The minimum atomic E-state index is 0. The number of benzene rings is 1. The second-order valence-electron chi connectivity index (χ2n) is 5.61. The molecule has 25 heavy (non-hydrogen) atoms. The molecule has 1 atom stereocenters. The Balaban J connectivity index is 0.00000312. The molecule has 0 saturated carbocycles. The lowest BCUT2D eigenvalue weighted by Gasteiger charge is -2.19. The number of unbranched alkanes of at least 4 members (excludes halogenated alkanes) is 1. The molecular formula is C18H28IN5S. The smallest absolute Gasteiger partial charge is 0.191 e. The van der Waals surface area contributed by atoms with Crippen molar-refractivity contribution in [2.45, 2.75) is 25.8 Å². The van der Waals surface area contributed by atoms with Crippen LogP contribution in [0, 0.1) is 0 Å². The summed E-state index contributed by atoms with van der Waals surface area (Å²) >= 11 is 1.89. The fourth-order valence-electron chi connectivity index (χ4n) is 2.42. The number of thioether (sulfide) groups is 1. The van der Waals surface area contributed by atoms with Gasteiger partial charge in [0.1, 0.15) is 0 Å². The Kier molecular flexibility index (Phi) is 10.6. The number of rotatable bonds is 8. The maximum Gasteiger partial charge on any atom is 0.191 e. The summed E-state index contributed by atoms with van der Waals surface area (Å²) in [5, 5.41) is 11.1. The average Bonchev–Trinajstić information content (AvgIpc) is 3.15. The predicted molar refractivity (Wildman–Crippen MR) is 120 cm³/mol. The van der Waals surface area contributed by atoms with Gasteiger partial charge in [0, 0.05) is 26.0 Å². The van der Waals surface area contributed by atoms with Crippen LogP contribution >= 0.6 is 35.7 Å². The molecule has 2 N–H and O–H groups in total. The molecule has 0 aliphatic carbocycles. The van der Waals surface area contributed by atoms with E-state index in [4.69, 9.17) is 0 Å². The lowest BCUT2D eigenvalue weighted by atomic mass is 10.1. The first kappa shape index (κ1) is 21.8. The van der Waals surface area contributed by atoms with Gasteiger partial charge in [0.25, 0.3) is 0 Å². The molecule has 138 valence electrons. The van der Waals surface area contributed by atoms with E-state index in [0.29, 0.717) is 0 Å². The topological polar surface area (TPSA) is 54.2 Å². The van der Waals surface area contributed by atoms with Crippen molar-refractivity contribution < 1.29 is 0 Å². The van der Waals surface area contributed by atoms with Crippen molar-refractivity contribution >= 4 is 41.7 Å². The Bertz CT molecular complexity index is 630. The van der Waals surface area contributed by atoms with Gasteiger partial charge < -0.3 is 10.6 Å². The van der Waals surface area contributed by atoms with Gasteiger partial charge in [0.05, 0.1) is 11.7 Å². The molecule has 0 aliphatic heterocycles. The van der Waals surface area contributed by atoms with E-state index in [0.717, 1.165) is 24.6 Å². The first-order valence-corrected chi connectivity index (χ1v) is 9.70. The first-order chi connectivity index (χ1) is 11.7. The van der Waals surface area contributed by atoms with Crippen molar-refractivity contribution in [3.63, 3.8) is 0 Å². The van der Waals surface area contributed by atoms with Crippen molar-refractivity contribution in [3.8, 4) is 5.69 Å². The summed E-state index contributed by atoms with van der Waals surface area (Å²) in [7, 11) is 1.81. The van der Waals surface area contributed by atoms with Gasteiger partial charge in [-0.05, 0) is 55.5 Å². The highest BCUT2D eigenvalue weighted by atomic mass is 127. The fourth-order valence-corrected chi connectivity index (χ4v) is 2.91. The highest BCUT2D eigenvalue weighted by Gasteiger charge is 2.09. The molecule has 0 aliphatic rings. The average molecular weight is 473 g/mol. The van der Waals surface area contributed by atoms with Crippen LogP contribution in [-0.2, 0) is 0 Å². The van der Waals surface area contributed by atoms with Gasteiger partial charge in [-0.1, -0.05) is 12.1 Å². The SMILES string of the molecule is CN=C(NCCCCSC)NC(C)c1cccc(-n2cccn2)c1.I. The van der Waals surface area contributed by atoms with Crippen LogP contribution in [0.5, 0.6) is 0 Å². The summed E-state index contributed by atoms with van der Waals surface area (Å²) in [6.07, 6.45) is 8.27. The number of guanidine groups is 1. The summed E-state index contributed by atoms with van der Waals surface area (Å²) in [5.41, 5.74) is 2.26. The quantitative estimate of drug-likeness (QED) is 0.265. The largest absolute Gasteiger partial charge is 0.356 e. The molecule has 1 aromatic heterocycles. The Morgan fingerprint density at radius 2 is 2.16 bits per heavy atom. The van der Waals surface area contributed by atoms with E-state index in [2.05, 4.69) is 58.2 Å². The van der Waals surface area contributed by atoms with E-state index in [-0.39, 0.29) is 30.0 Å². The monoisotopic (exact) mass is 473 g/mol. The molecule has 1 heterocycles. The minimum Gasteiger partial charge on any atom is -0.356 e. The lowest BCUT2D eigenvalue weighted by Crippen LogP contribution is -2.39. The van der Waals surface area contributed by atoms with Crippen LogP contribution in [0.1, 0.15) is 31.4 Å². The van der Waals surface area contributed by atoms with Gasteiger partial charge >= 0.3 is 0 Å². The van der Waals surface area contributed by atoms with Crippen molar-refractivity contribution in [1.82, 2.24) is 20.4 Å². The van der Waals surface area contributed by atoms with Crippen LogP contribution in [0.2, 0.25) is 0 Å². The molecule has 7 heteroatoms. The Hall–Kier alpha value is -1.22. The van der Waals surface area contributed by atoms with Crippen LogP contribution in [0.15, 0.2) is 47.7 Å². The first-order valence-electron chi connectivity index (χ1n) is 8.30.